The summed E-state index contributed by atoms with van der Waals surface area (Å²) in [4.78, 5) is 10.4. The number of carboxylic acid groups (broad SMARTS) is 1. The van der Waals surface area contributed by atoms with Gasteiger partial charge in [-0.15, -0.1) is 0 Å². The number of rotatable bonds is 5. The molecule has 0 aromatic heterocycles. The molecule has 0 atom stereocenters. The SMILES string of the molecule is CCCNS(=O)(=O)c1cc(C(=O)O)cc(F)c1C. The van der Waals surface area contributed by atoms with E-state index in [0.717, 1.165) is 12.1 Å². The van der Waals surface area contributed by atoms with Gasteiger partial charge in [-0.3, -0.25) is 0 Å². The van der Waals surface area contributed by atoms with Gasteiger partial charge in [-0.2, -0.15) is 0 Å². The minimum Gasteiger partial charge on any atom is -0.478 e. The third-order valence-electron chi connectivity index (χ3n) is 2.38. The van der Waals surface area contributed by atoms with Crippen LogP contribution in [0.4, 0.5) is 4.39 Å². The Morgan fingerprint density at radius 2 is 2.06 bits per heavy atom. The van der Waals surface area contributed by atoms with Gasteiger partial charge in [0.2, 0.25) is 10.0 Å². The monoisotopic (exact) mass is 275 g/mol. The fourth-order valence-corrected chi connectivity index (χ4v) is 2.78. The van der Waals surface area contributed by atoms with Gasteiger partial charge in [-0.05, 0) is 25.5 Å². The molecule has 18 heavy (non-hydrogen) atoms. The van der Waals surface area contributed by atoms with Gasteiger partial charge in [0.25, 0.3) is 0 Å². The average molecular weight is 275 g/mol. The second-order valence-electron chi connectivity index (χ2n) is 3.78. The highest BCUT2D eigenvalue weighted by Crippen LogP contribution is 2.20. The van der Waals surface area contributed by atoms with E-state index in [0.29, 0.717) is 6.42 Å². The van der Waals surface area contributed by atoms with Gasteiger partial charge in [-0.1, -0.05) is 6.92 Å². The molecule has 5 nitrogen and oxygen atoms in total. The van der Waals surface area contributed by atoms with Crippen molar-refractivity contribution in [2.45, 2.75) is 25.2 Å². The Balaban J connectivity index is 3.35. The standard InChI is InChI=1S/C11H14FNO4S/c1-3-4-13-18(16,17)10-6-8(11(14)15)5-9(12)7(10)2/h5-6,13H,3-4H2,1-2H3,(H,14,15). The van der Waals surface area contributed by atoms with Gasteiger partial charge in [-0.25, -0.2) is 22.3 Å². The molecule has 0 saturated heterocycles. The molecule has 0 heterocycles. The van der Waals surface area contributed by atoms with E-state index in [2.05, 4.69) is 4.72 Å². The zero-order valence-electron chi connectivity index (χ0n) is 10.0. The Labute approximate surface area is 105 Å². The van der Waals surface area contributed by atoms with E-state index in [1.807, 2.05) is 0 Å². The Hall–Kier alpha value is -1.47. The molecule has 2 N–H and O–H groups in total. The molecule has 0 saturated carbocycles. The number of halogens is 1. The topological polar surface area (TPSA) is 83.5 Å². The Morgan fingerprint density at radius 1 is 1.44 bits per heavy atom. The van der Waals surface area contributed by atoms with Crippen molar-refractivity contribution in [3.05, 3.63) is 29.1 Å². The number of carboxylic acids is 1. The molecule has 0 amide bonds. The van der Waals surface area contributed by atoms with Crippen LogP contribution in [0, 0.1) is 12.7 Å². The first-order valence-corrected chi connectivity index (χ1v) is 6.81. The molecule has 0 bridgehead atoms. The summed E-state index contributed by atoms with van der Waals surface area (Å²) in [6, 6.07) is 1.76. The van der Waals surface area contributed by atoms with Crippen LogP contribution in [0.15, 0.2) is 17.0 Å². The normalized spacial score (nSPS) is 11.5. The fourth-order valence-electron chi connectivity index (χ4n) is 1.37. The fraction of sp³-hybridized carbons (Fsp3) is 0.364. The zero-order chi connectivity index (χ0) is 13.9. The first-order valence-electron chi connectivity index (χ1n) is 5.32. The molecule has 0 radical (unpaired) electrons. The maximum absolute atomic E-state index is 13.5. The highest BCUT2D eigenvalue weighted by atomic mass is 32.2. The van der Waals surface area contributed by atoms with E-state index in [9.17, 15) is 17.6 Å². The third-order valence-corrected chi connectivity index (χ3v) is 3.96. The van der Waals surface area contributed by atoms with Crippen molar-refractivity contribution in [2.24, 2.45) is 0 Å². The number of hydrogen-bond donors (Lipinski definition) is 2. The van der Waals surface area contributed by atoms with E-state index < -0.39 is 27.4 Å². The molecule has 0 spiro atoms. The zero-order valence-corrected chi connectivity index (χ0v) is 10.8. The van der Waals surface area contributed by atoms with Crippen molar-refractivity contribution in [3.63, 3.8) is 0 Å². The van der Waals surface area contributed by atoms with E-state index in [4.69, 9.17) is 5.11 Å². The van der Waals surface area contributed by atoms with E-state index in [1.165, 1.54) is 6.92 Å². The molecule has 0 fully saturated rings. The third kappa shape index (κ3) is 3.05. The van der Waals surface area contributed by atoms with Gasteiger partial charge in [0.15, 0.2) is 0 Å². The summed E-state index contributed by atoms with van der Waals surface area (Å²) in [5.74, 6) is -2.23. The second kappa shape index (κ2) is 5.45. The number of carbonyl (C=O) groups is 1. The van der Waals surface area contributed by atoms with Crippen molar-refractivity contribution in [1.82, 2.24) is 4.72 Å². The smallest absolute Gasteiger partial charge is 0.335 e. The van der Waals surface area contributed by atoms with Crippen LogP contribution in [-0.4, -0.2) is 26.0 Å². The Morgan fingerprint density at radius 3 is 2.56 bits per heavy atom. The van der Waals surface area contributed by atoms with Crippen LogP contribution in [0.1, 0.15) is 29.3 Å². The predicted molar refractivity (Wildman–Crippen MR) is 63.6 cm³/mol. The molecule has 1 aromatic carbocycles. The number of nitrogens with one attached hydrogen (secondary N) is 1. The van der Waals surface area contributed by atoms with E-state index >= 15 is 0 Å². The van der Waals surface area contributed by atoms with Gasteiger partial charge in [0.1, 0.15) is 5.82 Å². The largest absolute Gasteiger partial charge is 0.478 e. The maximum Gasteiger partial charge on any atom is 0.335 e. The number of aromatic carboxylic acids is 1. The predicted octanol–water partition coefficient (Wildman–Crippen LogP) is 1.52. The average Bonchev–Trinajstić information content (AvgIpc) is 2.29. The lowest BCUT2D eigenvalue weighted by Gasteiger charge is -2.10. The molecule has 0 aliphatic rings. The molecule has 0 aliphatic carbocycles. The lowest BCUT2D eigenvalue weighted by atomic mass is 10.1. The summed E-state index contributed by atoms with van der Waals surface area (Å²) >= 11 is 0. The molecule has 7 heteroatoms. The summed E-state index contributed by atoms with van der Waals surface area (Å²) in [5.41, 5.74) is -0.487. The van der Waals surface area contributed by atoms with Crippen molar-refractivity contribution in [1.29, 1.82) is 0 Å². The van der Waals surface area contributed by atoms with Crippen LogP contribution >= 0.6 is 0 Å². The molecular formula is C11H14FNO4S. The van der Waals surface area contributed by atoms with Crippen LogP contribution in [0.2, 0.25) is 0 Å². The molecule has 1 rings (SSSR count). The van der Waals surface area contributed by atoms with Crippen LogP contribution in [0.3, 0.4) is 0 Å². The summed E-state index contributed by atoms with van der Waals surface area (Å²) < 4.78 is 39.5. The molecule has 0 unspecified atom stereocenters. The molecule has 0 aliphatic heterocycles. The number of sulfonamides is 1. The summed E-state index contributed by atoms with van der Waals surface area (Å²) in [6.07, 6.45) is 0.583. The number of hydrogen-bond acceptors (Lipinski definition) is 3. The first-order chi connectivity index (χ1) is 8.29. The van der Waals surface area contributed by atoms with E-state index in [1.54, 1.807) is 6.92 Å². The Kier molecular flexibility index (Phi) is 4.42. The highest BCUT2D eigenvalue weighted by molar-refractivity contribution is 7.89. The van der Waals surface area contributed by atoms with Crippen LogP contribution in [0.5, 0.6) is 0 Å². The van der Waals surface area contributed by atoms with Crippen LogP contribution < -0.4 is 4.72 Å². The minimum atomic E-state index is -3.88. The van der Waals surface area contributed by atoms with Crippen molar-refractivity contribution in [3.8, 4) is 0 Å². The van der Waals surface area contributed by atoms with Crippen molar-refractivity contribution < 1.29 is 22.7 Å². The van der Waals surface area contributed by atoms with Crippen LogP contribution in [0.25, 0.3) is 0 Å². The quantitative estimate of drug-likeness (QED) is 0.853. The van der Waals surface area contributed by atoms with Gasteiger partial charge >= 0.3 is 5.97 Å². The molecule has 100 valence electrons. The summed E-state index contributed by atoms with van der Waals surface area (Å²) in [6.45, 7) is 3.28. The second-order valence-corrected chi connectivity index (χ2v) is 5.52. The van der Waals surface area contributed by atoms with Crippen molar-refractivity contribution >= 4 is 16.0 Å². The maximum atomic E-state index is 13.5. The van der Waals surface area contributed by atoms with Gasteiger partial charge < -0.3 is 5.11 Å². The summed E-state index contributed by atoms with van der Waals surface area (Å²) in [5, 5.41) is 8.78. The lowest BCUT2D eigenvalue weighted by molar-refractivity contribution is 0.0696. The van der Waals surface area contributed by atoms with Gasteiger partial charge in [0, 0.05) is 12.1 Å². The van der Waals surface area contributed by atoms with E-state index in [-0.39, 0.29) is 17.0 Å². The van der Waals surface area contributed by atoms with Crippen LogP contribution in [-0.2, 0) is 10.0 Å². The summed E-state index contributed by atoms with van der Waals surface area (Å²) in [7, 11) is -3.88. The highest BCUT2D eigenvalue weighted by Gasteiger charge is 2.21. The molecular weight excluding hydrogens is 261 g/mol. The number of benzene rings is 1. The van der Waals surface area contributed by atoms with Crippen molar-refractivity contribution in [2.75, 3.05) is 6.54 Å². The molecule has 1 aromatic rings. The minimum absolute atomic E-state index is 0.0939. The first kappa shape index (κ1) is 14.6. The lowest BCUT2D eigenvalue weighted by Crippen LogP contribution is -2.25. The van der Waals surface area contributed by atoms with Gasteiger partial charge in [0.05, 0.1) is 10.5 Å². The Bertz CT molecular complexity index is 569.